The summed E-state index contributed by atoms with van der Waals surface area (Å²) in [6.07, 6.45) is -5.65. The number of nitrogens with one attached hydrogen (secondary N) is 1. The minimum absolute atomic E-state index is 0.0167. The summed E-state index contributed by atoms with van der Waals surface area (Å²) in [4.78, 5) is 0. The van der Waals surface area contributed by atoms with E-state index in [0.29, 0.717) is 11.6 Å². The first-order valence-electron chi connectivity index (χ1n) is 7.90. The molecular formula is C18H18F5NO3. The molecule has 0 spiro atoms. The molecule has 4 nitrogen and oxygen atoms in total. The van der Waals surface area contributed by atoms with Crippen LogP contribution in [-0.4, -0.2) is 31.5 Å². The maximum Gasteiger partial charge on any atom is 0.422 e. The number of halogens is 5. The van der Waals surface area contributed by atoms with Crippen molar-refractivity contribution in [1.29, 1.82) is 0 Å². The standard InChI is InChI=1S/C18H18F5NO3/c1-26-17-6-11(2-5-16(17)27-10-18(21,22)23)8-24-9-15(25)13-4-3-12(19)7-14(13)20/h2-7,15,24-25H,8-10H2,1H3. The van der Waals surface area contributed by atoms with Crippen LogP contribution in [0.5, 0.6) is 11.5 Å². The summed E-state index contributed by atoms with van der Waals surface area (Å²) in [5, 5.41) is 12.9. The van der Waals surface area contributed by atoms with Gasteiger partial charge in [-0.1, -0.05) is 12.1 Å². The van der Waals surface area contributed by atoms with Gasteiger partial charge in [0, 0.05) is 24.7 Å². The van der Waals surface area contributed by atoms with E-state index in [1.54, 1.807) is 0 Å². The lowest BCUT2D eigenvalue weighted by molar-refractivity contribution is -0.153. The van der Waals surface area contributed by atoms with Gasteiger partial charge in [-0.2, -0.15) is 13.2 Å². The van der Waals surface area contributed by atoms with Gasteiger partial charge in [-0.15, -0.1) is 0 Å². The van der Waals surface area contributed by atoms with Gasteiger partial charge in [0.25, 0.3) is 0 Å². The molecule has 0 saturated heterocycles. The fraction of sp³-hybridized carbons (Fsp3) is 0.333. The first kappa shape index (κ1) is 20.9. The largest absolute Gasteiger partial charge is 0.493 e. The van der Waals surface area contributed by atoms with Crippen LogP contribution in [0, 0.1) is 11.6 Å². The molecular weight excluding hydrogens is 373 g/mol. The third-order valence-corrected chi connectivity index (χ3v) is 3.61. The van der Waals surface area contributed by atoms with Gasteiger partial charge in [-0.3, -0.25) is 0 Å². The van der Waals surface area contributed by atoms with Crippen molar-refractivity contribution in [1.82, 2.24) is 5.32 Å². The average Bonchev–Trinajstić information content (AvgIpc) is 2.59. The van der Waals surface area contributed by atoms with Crippen LogP contribution in [-0.2, 0) is 6.54 Å². The molecule has 2 rings (SSSR count). The second-order valence-corrected chi connectivity index (χ2v) is 5.70. The van der Waals surface area contributed by atoms with E-state index in [1.807, 2.05) is 0 Å². The highest BCUT2D eigenvalue weighted by molar-refractivity contribution is 5.43. The highest BCUT2D eigenvalue weighted by Gasteiger charge is 2.29. The average molecular weight is 391 g/mol. The fourth-order valence-electron chi connectivity index (χ4n) is 2.34. The molecule has 1 unspecified atom stereocenters. The third-order valence-electron chi connectivity index (χ3n) is 3.61. The van der Waals surface area contributed by atoms with E-state index in [0.717, 1.165) is 12.1 Å². The van der Waals surface area contributed by atoms with Gasteiger partial charge in [-0.05, 0) is 23.8 Å². The third kappa shape index (κ3) is 6.37. The van der Waals surface area contributed by atoms with Crippen LogP contribution < -0.4 is 14.8 Å². The van der Waals surface area contributed by atoms with Crippen LogP contribution in [0.1, 0.15) is 17.2 Å². The quantitative estimate of drug-likeness (QED) is 0.674. The van der Waals surface area contributed by atoms with E-state index in [2.05, 4.69) is 10.1 Å². The Morgan fingerprint density at radius 2 is 1.81 bits per heavy atom. The van der Waals surface area contributed by atoms with Gasteiger partial charge in [0.05, 0.1) is 13.2 Å². The van der Waals surface area contributed by atoms with Crippen LogP contribution in [0.3, 0.4) is 0 Å². The van der Waals surface area contributed by atoms with Crippen molar-refractivity contribution in [2.24, 2.45) is 0 Å². The summed E-state index contributed by atoms with van der Waals surface area (Å²) in [7, 11) is 1.30. The number of hydrogen-bond donors (Lipinski definition) is 2. The number of ether oxygens (including phenoxy) is 2. The van der Waals surface area contributed by atoms with Crippen molar-refractivity contribution in [3.63, 3.8) is 0 Å². The van der Waals surface area contributed by atoms with Gasteiger partial charge in [0.2, 0.25) is 0 Å². The molecule has 0 saturated carbocycles. The Kier molecular flexibility index (Phi) is 6.98. The first-order chi connectivity index (χ1) is 12.7. The second kappa shape index (κ2) is 9.01. The van der Waals surface area contributed by atoms with Gasteiger partial charge in [0.15, 0.2) is 18.1 Å². The first-order valence-corrected chi connectivity index (χ1v) is 7.90. The smallest absolute Gasteiger partial charge is 0.422 e. The lowest BCUT2D eigenvalue weighted by atomic mass is 10.1. The summed E-state index contributed by atoms with van der Waals surface area (Å²) in [6.45, 7) is -1.22. The maximum atomic E-state index is 13.6. The highest BCUT2D eigenvalue weighted by Crippen LogP contribution is 2.29. The number of aliphatic hydroxyl groups excluding tert-OH is 1. The Morgan fingerprint density at radius 1 is 1.07 bits per heavy atom. The van der Waals surface area contributed by atoms with Crippen LogP contribution >= 0.6 is 0 Å². The van der Waals surface area contributed by atoms with Crippen LogP contribution in [0.15, 0.2) is 36.4 Å². The molecule has 0 aromatic heterocycles. The molecule has 2 aromatic rings. The van der Waals surface area contributed by atoms with E-state index in [9.17, 15) is 27.1 Å². The molecule has 0 aliphatic rings. The molecule has 0 aliphatic heterocycles. The topological polar surface area (TPSA) is 50.7 Å². The van der Waals surface area contributed by atoms with Crippen molar-refractivity contribution in [2.75, 3.05) is 20.3 Å². The summed E-state index contributed by atoms with van der Waals surface area (Å²) < 4.78 is 72.9. The van der Waals surface area contributed by atoms with Crippen molar-refractivity contribution in [3.05, 3.63) is 59.2 Å². The van der Waals surface area contributed by atoms with Crippen molar-refractivity contribution >= 4 is 0 Å². The van der Waals surface area contributed by atoms with E-state index in [4.69, 9.17) is 4.74 Å². The zero-order valence-corrected chi connectivity index (χ0v) is 14.3. The monoisotopic (exact) mass is 391 g/mol. The molecule has 9 heteroatoms. The van der Waals surface area contributed by atoms with Crippen molar-refractivity contribution in [2.45, 2.75) is 18.8 Å². The number of hydrogen-bond acceptors (Lipinski definition) is 4. The van der Waals surface area contributed by atoms with Gasteiger partial charge in [-0.25, -0.2) is 8.78 Å². The predicted molar refractivity (Wildman–Crippen MR) is 87.6 cm³/mol. The predicted octanol–water partition coefficient (Wildman–Crippen LogP) is 3.74. The molecule has 2 N–H and O–H groups in total. The van der Waals surface area contributed by atoms with Gasteiger partial charge >= 0.3 is 6.18 Å². The number of methoxy groups -OCH3 is 1. The molecule has 27 heavy (non-hydrogen) atoms. The highest BCUT2D eigenvalue weighted by atomic mass is 19.4. The summed E-state index contributed by atoms with van der Waals surface area (Å²) in [5.74, 6) is -1.51. The van der Waals surface area contributed by atoms with Gasteiger partial charge < -0.3 is 19.9 Å². The second-order valence-electron chi connectivity index (χ2n) is 5.70. The normalized spacial score (nSPS) is 12.7. The molecule has 0 aliphatic carbocycles. The van der Waals surface area contributed by atoms with Crippen LogP contribution in [0.25, 0.3) is 0 Å². The fourth-order valence-corrected chi connectivity index (χ4v) is 2.34. The molecule has 2 aromatic carbocycles. The van der Waals surface area contributed by atoms with E-state index in [1.165, 1.54) is 25.3 Å². The molecule has 0 amide bonds. The van der Waals surface area contributed by atoms with Crippen LogP contribution in [0.2, 0.25) is 0 Å². The molecule has 0 fully saturated rings. The van der Waals surface area contributed by atoms with Crippen molar-refractivity contribution in [3.8, 4) is 11.5 Å². The Labute approximate surface area is 152 Å². The Balaban J connectivity index is 1.93. The Hall–Kier alpha value is -2.39. The van der Waals surface area contributed by atoms with E-state index in [-0.39, 0.29) is 30.2 Å². The molecule has 0 radical (unpaired) electrons. The minimum Gasteiger partial charge on any atom is -0.493 e. The molecule has 1 atom stereocenters. The maximum absolute atomic E-state index is 13.6. The Bertz CT molecular complexity index is 767. The lowest BCUT2D eigenvalue weighted by Gasteiger charge is -2.15. The van der Waals surface area contributed by atoms with E-state index >= 15 is 0 Å². The Morgan fingerprint density at radius 3 is 2.44 bits per heavy atom. The summed E-state index contributed by atoms with van der Waals surface area (Å²) in [6, 6.07) is 7.26. The van der Waals surface area contributed by atoms with Crippen molar-refractivity contribution < 1.29 is 36.5 Å². The zero-order chi connectivity index (χ0) is 20.0. The van der Waals surface area contributed by atoms with Gasteiger partial charge in [0.1, 0.15) is 11.6 Å². The number of alkyl halides is 3. The minimum atomic E-state index is -4.46. The number of aliphatic hydroxyl groups is 1. The summed E-state index contributed by atoms with van der Waals surface area (Å²) in [5.41, 5.74) is 0.607. The SMILES string of the molecule is COc1cc(CNCC(O)c2ccc(F)cc2F)ccc1OCC(F)(F)F. The number of benzene rings is 2. The lowest BCUT2D eigenvalue weighted by Crippen LogP contribution is -2.22. The molecule has 148 valence electrons. The molecule has 0 bridgehead atoms. The zero-order valence-electron chi connectivity index (χ0n) is 14.3. The van der Waals surface area contributed by atoms with Crippen LogP contribution in [0.4, 0.5) is 22.0 Å². The molecule has 0 heterocycles. The van der Waals surface area contributed by atoms with E-state index < -0.39 is 30.5 Å². The number of rotatable bonds is 8. The summed E-state index contributed by atoms with van der Waals surface area (Å²) >= 11 is 0.